The van der Waals surface area contributed by atoms with Gasteiger partial charge in [-0.15, -0.1) is 0 Å². The Morgan fingerprint density at radius 1 is 1.39 bits per heavy atom. The number of anilines is 2. The fraction of sp³-hybridized carbons (Fsp3) is 0.312. The standard InChI is InChI=1S/C16H16BrN3O3/c1-10-6-11(17)8-18-15(10)19-9-16(2,3)23-14-7-12(20(21)22)4-5-13(14)19/h4-8H,9H2,1-3H3. The van der Waals surface area contributed by atoms with Crippen LogP contribution in [0, 0.1) is 17.0 Å². The van der Waals surface area contributed by atoms with E-state index in [1.165, 1.54) is 12.1 Å². The number of aryl methyl sites for hydroxylation is 1. The van der Waals surface area contributed by atoms with Gasteiger partial charge in [-0.05, 0) is 54.4 Å². The van der Waals surface area contributed by atoms with Crippen LogP contribution in [0.1, 0.15) is 19.4 Å². The van der Waals surface area contributed by atoms with E-state index in [9.17, 15) is 10.1 Å². The third-order valence-corrected chi connectivity index (χ3v) is 4.08. The lowest BCUT2D eigenvalue weighted by Gasteiger charge is -2.40. The lowest BCUT2D eigenvalue weighted by Crippen LogP contribution is -2.45. The van der Waals surface area contributed by atoms with E-state index < -0.39 is 10.5 Å². The molecule has 0 saturated carbocycles. The zero-order valence-electron chi connectivity index (χ0n) is 13.0. The molecule has 0 bridgehead atoms. The molecule has 0 amide bonds. The van der Waals surface area contributed by atoms with Crippen LogP contribution in [0.4, 0.5) is 17.2 Å². The van der Waals surface area contributed by atoms with Gasteiger partial charge < -0.3 is 9.64 Å². The first-order valence-corrected chi connectivity index (χ1v) is 7.93. The van der Waals surface area contributed by atoms with Gasteiger partial charge in [0.05, 0.1) is 23.2 Å². The van der Waals surface area contributed by atoms with Gasteiger partial charge in [0.2, 0.25) is 0 Å². The Hall–Kier alpha value is -2.15. The van der Waals surface area contributed by atoms with Crippen LogP contribution in [0.5, 0.6) is 5.75 Å². The number of nitrogens with zero attached hydrogens (tertiary/aromatic N) is 3. The van der Waals surface area contributed by atoms with Crippen LogP contribution in [0.3, 0.4) is 0 Å². The highest BCUT2D eigenvalue weighted by molar-refractivity contribution is 9.10. The number of nitro groups is 1. The van der Waals surface area contributed by atoms with E-state index in [1.54, 1.807) is 12.3 Å². The lowest BCUT2D eigenvalue weighted by atomic mass is 10.0. The van der Waals surface area contributed by atoms with E-state index >= 15 is 0 Å². The number of rotatable bonds is 2. The Labute approximate surface area is 142 Å². The van der Waals surface area contributed by atoms with E-state index in [4.69, 9.17) is 4.74 Å². The number of ether oxygens (including phenoxy) is 1. The first kappa shape index (κ1) is 15.7. The smallest absolute Gasteiger partial charge is 0.273 e. The zero-order chi connectivity index (χ0) is 16.8. The molecule has 3 rings (SSSR count). The summed E-state index contributed by atoms with van der Waals surface area (Å²) < 4.78 is 6.85. The summed E-state index contributed by atoms with van der Waals surface area (Å²) in [6, 6.07) is 6.67. The minimum absolute atomic E-state index is 0.0156. The minimum atomic E-state index is -0.483. The Balaban J connectivity index is 2.14. The summed E-state index contributed by atoms with van der Waals surface area (Å²) in [5.41, 5.74) is 1.33. The first-order chi connectivity index (χ1) is 10.8. The van der Waals surface area contributed by atoms with Crippen molar-refractivity contribution in [3.8, 4) is 5.75 Å². The van der Waals surface area contributed by atoms with Crippen molar-refractivity contribution in [1.82, 2.24) is 4.98 Å². The van der Waals surface area contributed by atoms with Gasteiger partial charge in [0.25, 0.3) is 5.69 Å². The van der Waals surface area contributed by atoms with Crippen molar-refractivity contribution in [2.75, 3.05) is 11.4 Å². The predicted octanol–water partition coefficient (Wildman–Crippen LogP) is 4.37. The quantitative estimate of drug-likeness (QED) is 0.573. The second-order valence-corrected chi connectivity index (χ2v) is 7.07. The van der Waals surface area contributed by atoms with Gasteiger partial charge >= 0.3 is 0 Å². The van der Waals surface area contributed by atoms with Gasteiger partial charge in [-0.25, -0.2) is 4.98 Å². The van der Waals surface area contributed by atoms with Gasteiger partial charge in [-0.2, -0.15) is 0 Å². The van der Waals surface area contributed by atoms with Crippen molar-refractivity contribution < 1.29 is 9.66 Å². The second-order valence-electron chi connectivity index (χ2n) is 6.15. The molecule has 0 fully saturated rings. The van der Waals surface area contributed by atoms with E-state index in [1.807, 2.05) is 31.7 Å². The molecule has 1 aliphatic heterocycles. The van der Waals surface area contributed by atoms with Gasteiger partial charge in [0, 0.05) is 16.7 Å². The summed E-state index contributed by atoms with van der Waals surface area (Å²) in [7, 11) is 0. The number of hydrogen-bond acceptors (Lipinski definition) is 5. The SMILES string of the molecule is Cc1cc(Br)cnc1N1CC(C)(C)Oc2cc([N+](=O)[O-])ccc21. The summed E-state index contributed by atoms with van der Waals surface area (Å²) in [6.45, 7) is 6.50. The van der Waals surface area contributed by atoms with Crippen molar-refractivity contribution >= 4 is 33.1 Å². The number of fused-ring (bicyclic) bond motifs is 1. The molecule has 2 aromatic rings. The molecule has 6 nitrogen and oxygen atoms in total. The van der Waals surface area contributed by atoms with E-state index in [0.717, 1.165) is 21.5 Å². The zero-order valence-corrected chi connectivity index (χ0v) is 14.6. The van der Waals surface area contributed by atoms with Crippen molar-refractivity contribution in [2.45, 2.75) is 26.4 Å². The molecule has 1 aliphatic rings. The normalized spacial score (nSPS) is 15.7. The first-order valence-electron chi connectivity index (χ1n) is 7.14. The average Bonchev–Trinajstić information content (AvgIpc) is 2.44. The lowest BCUT2D eigenvalue weighted by molar-refractivity contribution is -0.385. The monoisotopic (exact) mass is 377 g/mol. The van der Waals surface area contributed by atoms with Gasteiger partial charge in [-0.1, -0.05) is 0 Å². The number of aromatic nitrogens is 1. The van der Waals surface area contributed by atoms with Crippen LogP contribution in [-0.4, -0.2) is 22.1 Å². The van der Waals surface area contributed by atoms with Crippen molar-refractivity contribution in [3.63, 3.8) is 0 Å². The summed E-state index contributed by atoms with van der Waals surface area (Å²) in [4.78, 5) is 17.2. The highest BCUT2D eigenvalue weighted by Crippen LogP contribution is 2.43. The number of hydrogen-bond donors (Lipinski definition) is 0. The molecule has 23 heavy (non-hydrogen) atoms. The Morgan fingerprint density at radius 3 is 2.78 bits per heavy atom. The van der Waals surface area contributed by atoms with E-state index in [2.05, 4.69) is 20.9 Å². The van der Waals surface area contributed by atoms with Crippen LogP contribution in [0.25, 0.3) is 0 Å². The molecule has 0 atom stereocenters. The van der Waals surface area contributed by atoms with Crippen LogP contribution >= 0.6 is 15.9 Å². The van der Waals surface area contributed by atoms with Gasteiger partial charge in [0.15, 0.2) is 5.75 Å². The topological polar surface area (TPSA) is 68.5 Å². The molecule has 0 saturated heterocycles. The second kappa shape index (κ2) is 5.49. The van der Waals surface area contributed by atoms with E-state index in [0.29, 0.717) is 12.3 Å². The summed E-state index contributed by atoms with van der Waals surface area (Å²) in [6.07, 6.45) is 1.75. The summed E-state index contributed by atoms with van der Waals surface area (Å²) in [5.74, 6) is 1.32. The van der Waals surface area contributed by atoms with Gasteiger partial charge in [-0.3, -0.25) is 10.1 Å². The molecule has 7 heteroatoms. The molecule has 0 spiro atoms. The molecular weight excluding hydrogens is 362 g/mol. The van der Waals surface area contributed by atoms with Crippen LogP contribution in [0.15, 0.2) is 34.9 Å². The molecule has 0 unspecified atom stereocenters. The highest BCUT2D eigenvalue weighted by Gasteiger charge is 2.34. The number of benzene rings is 1. The summed E-state index contributed by atoms with van der Waals surface area (Å²) >= 11 is 3.42. The fourth-order valence-electron chi connectivity index (χ4n) is 2.72. The molecule has 120 valence electrons. The highest BCUT2D eigenvalue weighted by atomic mass is 79.9. The fourth-order valence-corrected chi connectivity index (χ4v) is 3.17. The number of halogens is 1. The Bertz CT molecular complexity index is 792. The van der Waals surface area contributed by atoms with Crippen LogP contribution < -0.4 is 9.64 Å². The molecule has 2 heterocycles. The van der Waals surface area contributed by atoms with Crippen molar-refractivity contribution in [1.29, 1.82) is 0 Å². The largest absolute Gasteiger partial charge is 0.484 e. The molecular formula is C16H16BrN3O3. The van der Waals surface area contributed by atoms with Crippen molar-refractivity contribution in [3.05, 3.63) is 50.6 Å². The van der Waals surface area contributed by atoms with Crippen LogP contribution in [-0.2, 0) is 0 Å². The minimum Gasteiger partial charge on any atom is -0.484 e. The molecule has 0 radical (unpaired) electrons. The molecule has 1 aromatic carbocycles. The van der Waals surface area contributed by atoms with E-state index in [-0.39, 0.29) is 5.69 Å². The maximum absolute atomic E-state index is 11.0. The maximum Gasteiger partial charge on any atom is 0.273 e. The number of nitro benzene ring substituents is 1. The molecule has 0 aliphatic carbocycles. The Kier molecular flexibility index (Phi) is 3.75. The molecule has 0 N–H and O–H groups in total. The van der Waals surface area contributed by atoms with Crippen molar-refractivity contribution in [2.24, 2.45) is 0 Å². The van der Waals surface area contributed by atoms with Crippen LogP contribution in [0.2, 0.25) is 0 Å². The number of non-ortho nitro benzene ring substituents is 1. The Morgan fingerprint density at radius 2 is 2.13 bits per heavy atom. The molecule has 1 aromatic heterocycles. The predicted molar refractivity (Wildman–Crippen MR) is 91.5 cm³/mol. The number of pyridine rings is 1. The van der Waals surface area contributed by atoms with Gasteiger partial charge in [0.1, 0.15) is 11.4 Å². The summed E-state index contributed by atoms with van der Waals surface area (Å²) in [5, 5.41) is 11.0. The third-order valence-electron chi connectivity index (χ3n) is 3.64. The average molecular weight is 378 g/mol. The maximum atomic E-state index is 11.0. The third kappa shape index (κ3) is 3.01.